The molecule has 2 aliphatic carbocycles. The van der Waals surface area contributed by atoms with Crippen LogP contribution in [0.5, 0.6) is 0 Å². The SMILES string of the molecule is CC(I)C(=O)OC1CC2CC(NS(=O)(=O)C(F)(F)F)C1C2. The van der Waals surface area contributed by atoms with Crippen molar-refractivity contribution in [3.05, 3.63) is 0 Å². The number of ether oxygens (including phenoxy) is 1. The van der Waals surface area contributed by atoms with Gasteiger partial charge >= 0.3 is 21.5 Å². The van der Waals surface area contributed by atoms with Gasteiger partial charge < -0.3 is 4.74 Å². The predicted octanol–water partition coefficient (Wildman–Crippen LogP) is 1.96. The first-order valence-electron chi connectivity index (χ1n) is 6.44. The molecule has 0 aliphatic heterocycles. The average Bonchev–Trinajstić information content (AvgIpc) is 2.85. The molecule has 0 spiro atoms. The van der Waals surface area contributed by atoms with Crippen molar-refractivity contribution >= 4 is 38.6 Å². The predicted molar refractivity (Wildman–Crippen MR) is 76.1 cm³/mol. The highest BCUT2D eigenvalue weighted by molar-refractivity contribution is 14.1. The molecule has 5 nitrogen and oxygen atoms in total. The second-order valence-corrected chi connectivity index (χ2v) is 9.08. The molecule has 2 saturated carbocycles. The third kappa shape index (κ3) is 3.63. The maximum absolute atomic E-state index is 12.4. The number of alkyl halides is 4. The Labute approximate surface area is 134 Å². The van der Waals surface area contributed by atoms with Crippen molar-refractivity contribution < 1.29 is 31.1 Å². The van der Waals surface area contributed by atoms with E-state index in [2.05, 4.69) is 0 Å². The molecule has 0 radical (unpaired) electrons. The van der Waals surface area contributed by atoms with E-state index in [1.165, 1.54) is 0 Å². The number of hydrogen-bond donors (Lipinski definition) is 1. The van der Waals surface area contributed by atoms with Crippen LogP contribution in [0.25, 0.3) is 0 Å². The van der Waals surface area contributed by atoms with Crippen LogP contribution < -0.4 is 4.72 Å². The first-order chi connectivity index (χ1) is 9.51. The number of sulfonamides is 1. The van der Waals surface area contributed by atoms with E-state index in [9.17, 15) is 26.4 Å². The van der Waals surface area contributed by atoms with E-state index in [1.54, 1.807) is 11.6 Å². The second-order valence-electron chi connectivity index (χ2n) is 5.50. The molecule has 10 heteroatoms. The summed E-state index contributed by atoms with van der Waals surface area (Å²) in [6.45, 7) is 1.65. The van der Waals surface area contributed by atoms with Gasteiger partial charge in [-0.25, -0.2) is 13.1 Å². The van der Waals surface area contributed by atoms with Crippen LogP contribution in [0.4, 0.5) is 13.2 Å². The number of carbonyl (C=O) groups is 1. The van der Waals surface area contributed by atoms with Gasteiger partial charge in [-0.05, 0) is 32.1 Å². The van der Waals surface area contributed by atoms with Crippen molar-refractivity contribution in [1.29, 1.82) is 0 Å². The lowest BCUT2D eigenvalue weighted by Crippen LogP contribution is -2.48. The smallest absolute Gasteiger partial charge is 0.461 e. The maximum atomic E-state index is 12.4. The molecule has 0 aromatic heterocycles. The normalized spacial score (nSPS) is 34.0. The molecule has 0 amide bonds. The van der Waals surface area contributed by atoms with Gasteiger partial charge in [-0.2, -0.15) is 13.2 Å². The van der Waals surface area contributed by atoms with Gasteiger partial charge in [0.15, 0.2) is 0 Å². The standard InChI is InChI=1S/C11H15F3INO4S/c1-5(15)10(17)20-9-4-6-2-7(9)8(3-6)16-21(18,19)11(12,13)14/h5-9,16H,2-4H2,1H3. The van der Waals surface area contributed by atoms with Crippen LogP contribution in [0.2, 0.25) is 0 Å². The van der Waals surface area contributed by atoms with Gasteiger partial charge in [0.1, 0.15) is 10.0 Å². The number of fused-ring (bicyclic) bond motifs is 2. The van der Waals surface area contributed by atoms with E-state index >= 15 is 0 Å². The van der Waals surface area contributed by atoms with Gasteiger partial charge in [0.05, 0.1) is 0 Å². The Morgan fingerprint density at radius 2 is 1.95 bits per heavy atom. The van der Waals surface area contributed by atoms with Crippen molar-refractivity contribution in [3.63, 3.8) is 0 Å². The van der Waals surface area contributed by atoms with E-state index in [0.717, 1.165) is 0 Å². The summed E-state index contributed by atoms with van der Waals surface area (Å²) in [5.41, 5.74) is -5.32. The second kappa shape index (κ2) is 5.84. The van der Waals surface area contributed by atoms with E-state index in [-0.39, 0.29) is 15.8 Å². The third-order valence-corrected chi connectivity index (χ3v) is 5.69. The summed E-state index contributed by atoms with van der Waals surface area (Å²) >= 11 is 1.89. The fourth-order valence-corrected chi connectivity index (χ4v) is 4.02. The fraction of sp³-hybridized carbons (Fsp3) is 0.909. The molecular weight excluding hydrogens is 426 g/mol. The molecule has 21 heavy (non-hydrogen) atoms. The molecule has 2 aliphatic rings. The van der Waals surface area contributed by atoms with Crippen molar-refractivity contribution in [2.45, 2.75) is 47.8 Å². The monoisotopic (exact) mass is 441 g/mol. The molecule has 1 N–H and O–H groups in total. The summed E-state index contributed by atoms with van der Waals surface area (Å²) in [6, 6.07) is -0.822. The highest BCUT2D eigenvalue weighted by atomic mass is 127. The summed E-state index contributed by atoms with van der Waals surface area (Å²) in [5.74, 6) is -0.713. The van der Waals surface area contributed by atoms with Gasteiger partial charge in [-0.3, -0.25) is 4.79 Å². The number of hydrogen-bond acceptors (Lipinski definition) is 4. The minimum atomic E-state index is -5.36. The van der Waals surface area contributed by atoms with Crippen LogP contribution in [-0.4, -0.2) is 36.0 Å². The van der Waals surface area contributed by atoms with Crippen molar-refractivity contribution in [2.24, 2.45) is 11.8 Å². The van der Waals surface area contributed by atoms with E-state index in [4.69, 9.17) is 4.74 Å². The lowest BCUT2D eigenvalue weighted by Gasteiger charge is -2.30. The van der Waals surface area contributed by atoms with Crippen molar-refractivity contribution in [3.8, 4) is 0 Å². The molecule has 2 rings (SSSR count). The Bertz CT molecular complexity index is 522. The molecule has 122 valence electrons. The fourth-order valence-electron chi connectivity index (χ4n) is 3.07. The molecule has 5 unspecified atom stereocenters. The zero-order valence-electron chi connectivity index (χ0n) is 11.1. The number of rotatable bonds is 4. The van der Waals surface area contributed by atoms with E-state index < -0.39 is 33.6 Å². The zero-order chi connectivity index (χ0) is 16.0. The average molecular weight is 441 g/mol. The zero-order valence-corrected chi connectivity index (χ0v) is 14.0. The summed E-state index contributed by atoms with van der Waals surface area (Å²) in [7, 11) is -5.36. The summed E-state index contributed by atoms with van der Waals surface area (Å²) in [5, 5.41) is 0. The molecular formula is C11H15F3INO4S. The van der Waals surface area contributed by atoms with Gasteiger partial charge in [-0.1, -0.05) is 22.6 Å². The Morgan fingerprint density at radius 1 is 1.33 bits per heavy atom. The Balaban J connectivity index is 2.03. The van der Waals surface area contributed by atoms with Gasteiger partial charge in [0, 0.05) is 12.0 Å². The largest absolute Gasteiger partial charge is 0.511 e. The Hall–Kier alpha value is -0.100. The van der Waals surface area contributed by atoms with Crippen molar-refractivity contribution in [1.82, 2.24) is 4.72 Å². The number of nitrogens with one attached hydrogen (secondary N) is 1. The molecule has 0 aromatic rings. The van der Waals surface area contributed by atoms with Crippen LogP contribution in [0, 0.1) is 11.8 Å². The molecule has 5 atom stereocenters. The summed E-state index contributed by atoms with van der Waals surface area (Å²) < 4.78 is 66.2. The lowest BCUT2D eigenvalue weighted by molar-refractivity contribution is -0.150. The van der Waals surface area contributed by atoms with Gasteiger partial charge in [0.2, 0.25) is 0 Å². The molecule has 0 heterocycles. The first kappa shape index (κ1) is 17.3. The van der Waals surface area contributed by atoms with Crippen LogP contribution >= 0.6 is 22.6 Å². The van der Waals surface area contributed by atoms with E-state index in [0.29, 0.717) is 19.3 Å². The molecule has 0 saturated heterocycles. The number of carbonyl (C=O) groups excluding carboxylic acids is 1. The van der Waals surface area contributed by atoms with Gasteiger partial charge in [0.25, 0.3) is 0 Å². The minimum absolute atomic E-state index is 0.0956. The summed E-state index contributed by atoms with van der Waals surface area (Å²) in [6.07, 6.45) is 1.02. The van der Waals surface area contributed by atoms with Crippen LogP contribution in [-0.2, 0) is 19.6 Å². The van der Waals surface area contributed by atoms with Crippen molar-refractivity contribution in [2.75, 3.05) is 0 Å². The quantitative estimate of drug-likeness (QED) is 0.412. The highest BCUT2D eigenvalue weighted by Crippen LogP contribution is 2.47. The molecule has 0 aromatic carbocycles. The summed E-state index contributed by atoms with van der Waals surface area (Å²) in [4.78, 5) is 11.6. The number of halogens is 4. The Morgan fingerprint density at radius 3 is 2.43 bits per heavy atom. The molecule has 2 fully saturated rings. The number of esters is 1. The van der Waals surface area contributed by atoms with E-state index in [1.807, 2.05) is 22.6 Å². The first-order valence-corrected chi connectivity index (χ1v) is 9.17. The van der Waals surface area contributed by atoms with Gasteiger partial charge in [-0.15, -0.1) is 0 Å². The topological polar surface area (TPSA) is 72.5 Å². The van der Waals surface area contributed by atoms with Crippen LogP contribution in [0.3, 0.4) is 0 Å². The Kier molecular flexibility index (Phi) is 4.80. The minimum Gasteiger partial charge on any atom is -0.461 e. The van der Waals surface area contributed by atoms with Crippen LogP contribution in [0.15, 0.2) is 0 Å². The lowest BCUT2D eigenvalue weighted by atomic mass is 9.93. The highest BCUT2D eigenvalue weighted by Gasteiger charge is 2.53. The molecule has 2 bridgehead atoms. The van der Waals surface area contributed by atoms with Crippen LogP contribution in [0.1, 0.15) is 26.2 Å². The third-order valence-electron chi connectivity index (χ3n) is 3.96. The maximum Gasteiger partial charge on any atom is 0.511 e.